The van der Waals surface area contributed by atoms with Gasteiger partial charge >= 0.3 is 0 Å². The lowest BCUT2D eigenvalue weighted by molar-refractivity contribution is -0.117. The lowest BCUT2D eigenvalue weighted by Gasteiger charge is -2.23. The molecule has 1 aliphatic rings. The second-order valence-electron chi connectivity index (χ2n) is 5.89. The summed E-state index contributed by atoms with van der Waals surface area (Å²) < 4.78 is 11.4. The highest BCUT2D eigenvalue weighted by atomic mass is 33.1. The Morgan fingerprint density at radius 3 is 2.71 bits per heavy atom. The van der Waals surface area contributed by atoms with E-state index in [-0.39, 0.29) is 43.9 Å². The van der Waals surface area contributed by atoms with E-state index in [4.69, 9.17) is 9.47 Å². The third-order valence-electron chi connectivity index (χ3n) is 3.26. The molecule has 1 heterocycles. The third-order valence-corrected chi connectivity index (χ3v) is 6.26. The number of hydrogen-bond donors (Lipinski definition) is 1. The quantitative estimate of drug-likeness (QED) is 0.303. The maximum absolute atomic E-state index is 11.0. The van der Waals surface area contributed by atoms with Crippen molar-refractivity contribution in [3.63, 3.8) is 0 Å². The van der Waals surface area contributed by atoms with Crippen molar-refractivity contribution in [3.8, 4) is 0 Å². The molecule has 0 aliphatic carbocycles. The van der Waals surface area contributed by atoms with Crippen LogP contribution in [-0.4, -0.2) is 54.9 Å². The van der Waals surface area contributed by atoms with Crippen LogP contribution < -0.4 is 0 Å². The summed E-state index contributed by atoms with van der Waals surface area (Å²) in [5.74, 6) is 0.814. The number of ketones is 1. The predicted molar refractivity (Wildman–Crippen MR) is 90.7 cm³/mol. The first-order valence-corrected chi connectivity index (χ1v) is 9.34. The number of Topliss-reactive ketones (excluding diaryl/α,β-unsaturated/α-hetero) is 1. The average Bonchev–Trinajstić information content (AvgIpc) is 2.73. The molecule has 1 rings (SSSR count). The first-order valence-electron chi connectivity index (χ1n) is 7.02. The van der Waals surface area contributed by atoms with Gasteiger partial charge in [0.05, 0.1) is 18.8 Å². The molecule has 121 valence electrons. The molecule has 0 aromatic rings. The summed E-state index contributed by atoms with van der Waals surface area (Å²) >= 11 is 0. The minimum Gasteiger partial charge on any atom is -0.394 e. The van der Waals surface area contributed by atoms with Crippen molar-refractivity contribution in [1.29, 1.82) is 0 Å². The Labute approximate surface area is 138 Å². The van der Waals surface area contributed by atoms with E-state index in [1.165, 1.54) is 0 Å². The van der Waals surface area contributed by atoms with Gasteiger partial charge in [-0.05, 0) is 34.1 Å². The molecular weight excluding hydrogens is 307 g/mol. The first kappa shape index (κ1) is 21.3. The van der Waals surface area contributed by atoms with Gasteiger partial charge in [-0.3, -0.25) is 0 Å². The molecule has 0 amide bonds. The average molecular weight is 333 g/mol. The van der Waals surface area contributed by atoms with E-state index < -0.39 is 0 Å². The van der Waals surface area contributed by atoms with Gasteiger partial charge in [0.15, 0.2) is 0 Å². The van der Waals surface area contributed by atoms with Crippen LogP contribution in [0.1, 0.15) is 47.0 Å². The molecule has 0 spiro atoms. The zero-order valence-corrected chi connectivity index (χ0v) is 15.0. The summed E-state index contributed by atoms with van der Waals surface area (Å²) in [5.41, 5.74) is 0. The lowest BCUT2D eigenvalue weighted by Crippen LogP contribution is -2.27. The Morgan fingerprint density at radius 1 is 1.48 bits per heavy atom. The third kappa shape index (κ3) is 8.50. The van der Waals surface area contributed by atoms with Gasteiger partial charge in [0.25, 0.3) is 0 Å². The molecule has 0 aromatic carbocycles. The second kappa shape index (κ2) is 10.2. The second-order valence-corrected chi connectivity index (χ2v) is 8.84. The summed E-state index contributed by atoms with van der Waals surface area (Å²) in [4.78, 5) is 11.0. The number of aliphatic hydroxyl groups excluding tert-OH is 1. The van der Waals surface area contributed by atoms with E-state index in [1.807, 2.05) is 6.92 Å². The minimum atomic E-state index is -0.193. The van der Waals surface area contributed by atoms with Gasteiger partial charge in [-0.15, -0.1) is 0 Å². The van der Waals surface area contributed by atoms with Crippen LogP contribution in [0.4, 0.5) is 0 Å². The van der Waals surface area contributed by atoms with Crippen molar-refractivity contribution in [2.45, 2.75) is 70.0 Å². The van der Waals surface area contributed by atoms with Crippen LogP contribution in [0.25, 0.3) is 0 Å². The smallest absolute Gasteiger partial charge is 0.129 e. The zero-order valence-electron chi connectivity index (χ0n) is 13.3. The number of carbonyl (C=O) groups is 1. The largest absolute Gasteiger partial charge is 0.394 e. The molecular formula is C14H26BO4S2. The van der Waals surface area contributed by atoms with Crippen molar-refractivity contribution in [2.75, 3.05) is 12.5 Å². The van der Waals surface area contributed by atoms with Crippen LogP contribution in [0, 0.1) is 0 Å². The molecule has 0 saturated carbocycles. The number of rotatable bonds is 9. The molecule has 4 nitrogen and oxygen atoms in total. The van der Waals surface area contributed by atoms with E-state index in [9.17, 15) is 9.90 Å². The Kier molecular flexibility index (Phi) is 10.3. The summed E-state index contributed by atoms with van der Waals surface area (Å²) in [5, 5.41) is 9.21. The molecule has 1 aliphatic heterocycles. The minimum absolute atomic E-state index is 0. The highest BCUT2D eigenvalue weighted by Gasteiger charge is 2.33. The maximum atomic E-state index is 11.0. The fraction of sp³-hybridized carbons (Fsp3) is 0.929. The van der Waals surface area contributed by atoms with Crippen LogP contribution in [0.15, 0.2) is 0 Å². The Balaban J connectivity index is 0.00000400. The topological polar surface area (TPSA) is 55.8 Å². The summed E-state index contributed by atoms with van der Waals surface area (Å²) in [7, 11) is 3.41. The maximum Gasteiger partial charge on any atom is 0.129 e. The number of hydrogen-bond acceptors (Lipinski definition) is 6. The normalized spacial score (nSPS) is 25.7. The fourth-order valence-electron chi connectivity index (χ4n) is 2.07. The van der Waals surface area contributed by atoms with Crippen LogP contribution >= 0.6 is 21.6 Å². The number of carbonyl (C=O) groups excluding carboxylic acids is 1. The molecule has 3 radical (unpaired) electrons. The first-order chi connectivity index (χ1) is 9.34. The fourth-order valence-corrected chi connectivity index (χ4v) is 4.37. The summed E-state index contributed by atoms with van der Waals surface area (Å²) in [6, 6.07) is 0. The van der Waals surface area contributed by atoms with Gasteiger partial charge in [-0.1, -0.05) is 21.6 Å². The Hall–Kier alpha value is 0.315. The van der Waals surface area contributed by atoms with Gasteiger partial charge in [-0.2, -0.15) is 0 Å². The van der Waals surface area contributed by atoms with E-state index >= 15 is 0 Å². The van der Waals surface area contributed by atoms with Crippen molar-refractivity contribution in [1.82, 2.24) is 0 Å². The van der Waals surface area contributed by atoms with Crippen LogP contribution in [-0.2, 0) is 14.3 Å². The van der Waals surface area contributed by atoms with Crippen LogP contribution in [0.3, 0.4) is 0 Å². The monoisotopic (exact) mass is 333 g/mol. The van der Waals surface area contributed by atoms with Crippen molar-refractivity contribution in [3.05, 3.63) is 0 Å². The molecule has 1 fully saturated rings. The Bertz CT molecular complexity index is 315. The number of aliphatic hydroxyl groups is 1. The molecule has 1 N–H and O–H groups in total. The molecule has 21 heavy (non-hydrogen) atoms. The van der Waals surface area contributed by atoms with Gasteiger partial charge in [0.1, 0.15) is 17.8 Å². The molecule has 1 unspecified atom stereocenters. The van der Waals surface area contributed by atoms with E-state index in [0.717, 1.165) is 12.8 Å². The van der Waals surface area contributed by atoms with Crippen LogP contribution in [0.5, 0.6) is 0 Å². The van der Waals surface area contributed by atoms with Gasteiger partial charge in [0.2, 0.25) is 0 Å². The molecule has 0 aromatic heterocycles. The van der Waals surface area contributed by atoms with E-state index in [0.29, 0.717) is 12.4 Å². The zero-order chi connectivity index (χ0) is 15.2. The SMILES string of the molecule is CC(=O)CCC(C)(C)SSCOC1C[C@H](C)O[C@@H]1CO.[B]. The lowest BCUT2D eigenvalue weighted by atomic mass is 10.1. The van der Waals surface area contributed by atoms with E-state index in [1.54, 1.807) is 28.5 Å². The number of ether oxygens (including phenoxy) is 2. The predicted octanol–water partition coefficient (Wildman–Crippen LogP) is 2.65. The standard InChI is InChI=1S/C14H26O4S2.B/c1-10(16)5-6-14(3,4)20-19-9-17-12-7-11(2)18-13(12)8-15;/h11-13,15H,5-9H2,1-4H3;/t11-,12?,13+;/m0./s1. The van der Waals surface area contributed by atoms with E-state index in [2.05, 4.69) is 13.8 Å². The Morgan fingerprint density at radius 2 is 2.14 bits per heavy atom. The highest BCUT2D eigenvalue weighted by molar-refractivity contribution is 8.77. The van der Waals surface area contributed by atoms with Crippen LogP contribution in [0.2, 0.25) is 0 Å². The van der Waals surface area contributed by atoms with Crippen molar-refractivity contribution in [2.24, 2.45) is 0 Å². The van der Waals surface area contributed by atoms with Gasteiger partial charge < -0.3 is 19.4 Å². The van der Waals surface area contributed by atoms with Gasteiger partial charge in [0, 0.05) is 26.0 Å². The molecule has 3 atom stereocenters. The molecule has 7 heteroatoms. The van der Waals surface area contributed by atoms with Gasteiger partial charge in [-0.25, -0.2) is 0 Å². The summed E-state index contributed by atoms with van der Waals surface area (Å²) in [6.45, 7) is 7.93. The van der Waals surface area contributed by atoms with Crippen molar-refractivity contribution < 1.29 is 19.4 Å². The summed E-state index contributed by atoms with van der Waals surface area (Å²) in [6.07, 6.45) is 2.29. The molecule has 0 bridgehead atoms. The van der Waals surface area contributed by atoms with Crippen molar-refractivity contribution >= 4 is 35.8 Å². The molecule has 1 saturated heterocycles. The highest BCUT2D eigenvalue weighted by Crippen LogP contribution is 2.39.